The Hall–Kier alpha value is -1.92. The second-order valence-corrected chi connectivity index (χ2v) is 9.68. The first-order valence-electron chi connectivity index (χ1n) is 11.3. The summed E-state index contributed by atoms with van der Waals surface area (Å²) in [5.74, 6) is 1.68. The molecular weight excluding hydrogens is 378 g/mol. The Morgan fingerprint density at radius 3 is 2.77 bits per heavy atom. The first-order valence-corrected chi connectivity index (χ1v) is 11.3. The molecular formula is C24H35N3O3. The van der Waals surface area contributed by atoms with Gasteiger partial charge >= 0.3 is 5.97 Å². The van der Waals surface area contributed by atoms with Crippen molar-refractivity contribution in [3.63, 3.8) is 0 Å². The number of esters is 1. The predicted molar refractivity (Wildman–Crippen MR) is 116 cm³/mol. The van der Waals surface area contributed by atoms with Crippen LogP contribution in [0.4, 0.5) is 0 Å². The van der Waals surface area contributed by atoms with E-state index in [1.165, 1.54) is 7.11 Å². The molecule has 0 radical (unpaired) electrons. The molecule has 0 aromatic heterocycles. The highest BCUT2D eigenvalue weighted by Crippen LogP contribution is 2.53. The maximum Gasteiger partial charge on any atom is 0.305 e. The summed E-state index contributed by atoms with van der Waals surface area (Å²) in [5.41, 5.74) is 0.555. The first-order chi connectivity index (χ1) is 14.5. The molecule has 4 aliphatic rings. The Morgan fingerprint density at radius 1 is 1.30 bits per heavy atom. The lowest BCUT2D eigenvalue weighted by Gasteiger charge is -2.56. The number of likely N-dealkylation sites (tertiary alicyclic amines) is 1. The summed E-state index contributed by atoms with van der Waals surface area (Å²) in [7, 11) is 1.45. The summed E-state index contributed by atoms with van der Waals surface area (Å²) in [6, 6.07) is 10.2. The average molecular weight is 414 g/mol. The third-order valence-corrected chi connectivity index (χ3v) is 7.39. The van der Waals surface area contributed by atoms with Crippen LogP contribution in [0.2, 0.25) is 0 Å². The highest BCUT2D eigenvalue weighted by atomic mass is 16.5. The van der Waals surface area contributed by atoms with Crippen LogP contribution < -0.4 is 10.6 Å². The fourth-order valence-electron chi connectivity index (χ4n) is 6.28. The van der Waals surface area contributed by atoms with E-state index < -0.39 is 5.54 Å². The summed E-state index contributed by atoms with van der Waals surface area (Å²) < 4.78 is 4.90. The minimum absolute atomic E-state index is 0.119. The second kappa shape index (κ2) is 8.67. The van der Waals surface area contributed by atoms with E-state index in [0.717, 1.165) is 38.0 Å². The molecule has 1 amide bonds. The van der Waals surface area contributed by atoms with Gasteiger partial charge in [-0.2, -0.15) is 0 Å². The van der Waals surface area contributed by atoms with E-state index in [0.29, 0.717) is 36.6 Å². The van der Waals surface area contributed by atoms with Gasteiger partial charge in [0.05, 0.1) is 7.11 Å². The van der Waals surface area contributed by atoms with Gasteiger partial charge in [0.25, 0.3) is 0 Å². The number of amides is 1. The Balaban J connectivity index is 1.58. The summed E-state index contributed by atoms with van der Waals surface area (Å²) >= 11 is 0. The minimum Gasteiger partial charge on any atom is -0.469 e. The second-order valence-electron chi connectivity index (χ2n) is 9.68. The fourth-order valence-corrected chi connectivity index (χ4v) is 6.28. The fraction of sp³-hybridized carbons (Fsp3) is 0.667. The molecule has 6 heteroatoms. The molecule has 5 atom stereocenters. The number of benzene rings is 1. The third kappa shape index (κ3) is 3.76. The summed E-state index contributed by atoms with van der Waals surface area (Å²) in [6.07, 6.45) is 2.28. The van der Waals surface area contributed by atoms with Gasteiger partial charge in [0.15, 0.2) is 0 Å². The molecule has 3 heterocycles. The SMILES string of the molecule is COC(=O)CCC1C2CNC3(C(=O)NCc4ccccc4)C(C2)CN(CC(C)C)C13. The quantitative estimate of drug-likeness (QED) is 0.640. The van der Waals surface area contributed by atoms with E-state index in [9.17, 15) is 9.59 Å². The van der Waals surface area contributed by atoms with Gasteiger partial charge in [-0.05, 0) is 42.7 Å². The van der Waals surface area contributed by atoms with Gasteiger partial charge in [-0.25, -0.2) is 0 Å². The molecule has 5 unspecified atom stereocenters. The van der Waals surface area contributed by atoms with Crippen LogP contribution in [0, 0.1) is 23.7 Å². The Morgan fingerprint density at radius 2 is 2.07 bits per heavy atom. The van der Waals surface area contributed by atoms with Crippen molar-refractivity contribution >= 4 is 11.9 Å². The lowest BCUT2D eigenvalue weighted by Crippen LogP contribution is -2.76. The molecule has 1 aliphatic carbocycles. The van der Waals surface area contributed by atoms with Crippen molar-refractivity contribution < 1.29 is 14.3 Å². The molecule has 1 saturated carbocycles. The molecule has 4 fully saturated rings. The number of carbonyl (C=O) groups is 2. The zero-order valence-corrected chi connectivity index (χ0v) is 18.4. The minimum atomic E-state index is -0.556. The standard InChI is InChI=1S/C24H35N3O3/c1-16(2)14-27-15-19-11-18-13-26-24(19,22(27)20(18)9-10-21(28)30-3)23(29)25-12-17-7-5-4-6-8-17/h4-8,16,18-20,22,26H,9-15H2,1-3H3,(H,25,29). The number of hydrogen-bond donors (Lipinski definition) is 2. The van der Waals surface area contributed by atoms with Crippen molar-refractivity contribution in [2.24, 2.45) is 23.7 Å². The van der Waals surface area contributed by atoms with Crippen LogP contribution in [0.1, 0.15) is 38.7 Å². The van der Waals surface area contributed by atoms with Gasteiger partial charge in [0.2, 0.25) is 5.91 Å². The molecule has 5 rings (SSSR count). The summed E-state index contributed by atoms with van der Waals surface area (Å²) in [4.78, 5) is 28.1. The van der Waals surface area contributed by atoms with Crippen molar-refractivity contribution in [3.8, 4) is 0 Å². The van der Waals surface area contributed by atoms with E-state index in [-0.39, 0.29) is 17.9 Å². The van der Waals surface area contributed by atoms with E-state index in [1.807, 2.05) is 30.3 Å². The van der Waals surface area contributed by atoms with Crippen LogP contribution in [0.15, 0.2) is 30.3 Å². The van der Waals surface area contributed by atoms with Gasteiger partial charge in [0, 0.05) is 38.0 Å². The number of rotatable bonds is 8. The zero-order valence-electron chi connectivity index (χ0n) is 18.4. The van der Waals surface area contributed by atoms with E-state index in [4.69, 9.17) is 4.74 Å². The number of piperidine rings is 2. The number of nitrogens with one attached hydrogen (secondary N) is 2. The van der Waals surface area contributed by atoms with Crippen LogP contribution in [0.25, 0.3) is 0 Å². The van der Waals surface area contributed by atoms with Crippen molar-refractivity contribution in [1.29, 1.82) is 0 Å². The molecule has 0 spiro atoms. The van der Waals surface area contributed by atoms with Crippen LogP contribution >= 0.6 is 0 Å². The third-order valence-electron chi connectivity index (χ3n) is 7.39. The van der Waals surface area contributed by atoms with Crippen LogP contribution in [-0.2, 0) is 20.9 Å². The van der Waals surface area contributed by atoms with E-state index >= 15 is 0 Å². The Kier molecular flexibility index (Phi) is 6.16. The number of carbonyl (C=O) groups excluding carboxylic acids is 2. The molecule has 1 aromatic rings. The van der Waals surface area contributed by atoms with Gasteiger partial charge in [-0.1, -0.05) is 44.2 Å². The number of hydrogen-bond acceptors (Lipinski definition) is 5. The molecule has 3 aliphatic heterocycles. The highest BCUT2D eigenvalue weighted by molar-refractivity contribution is 5.89. The van der Waals surface area contributed by atoms with E-state index in [1.54, 1.807) is 0 Å². The number of methoxy groups -OCH3 is 1. The van der Waals surface area contributed by atoms with Crippen LogP contribution in [0.5, 0.6) is 0 Å². The number of nitrogens with zero attached hydrogens (tertiary/aromatic N) is 1. The lowest BCUT2D eigenvalue weighted by atomic mass is 9.58. The largest absolute Gasteiger partial charge is 0.469 e. The monoisotopic (exact) mass is 413 g/mol. The van der Waals surface area contributed by atoms with Gasteiger partial charge in [0.1, 0.15) is 5.54 Å². The van der Waals surface area contributed by atoms with Crippen molar-refractivity contribution in [3.05, 3.63) is 35.9 Å². The predicted octanol–water partition coefficient (Wildman–Crippen LogP) is 2.19. The average Bonchev–Trinajstić information content (AvgIpc) is 3.00. The zero-order chi connectivity index (χ0) is 21.3. The van der Waals surface area contributed by atoms with Gasteiger partial charge in [-0.15, -0.1) is 0 Å². The molecule has 164 valence electrons. The molecule has 4 bridgehead atoms. The number of ether oxygens (including phenoxy) is 1. The first kappa shape index (κ1) is 21.3. The van der Waals surface area contributed by atoms with Crippen molar-refractivity contribution in [2.75, 3.05) is 26.7 Å². The lowest BCUT2D eigenvalue weighted by molar-refractivity contribution is -0.142. The molecule has 30 heavy (non-hydrogen) atoms. The molecule has 2 N–H and O–H groups in total. The van der Waals surface area contributed by atoms with Gasteiger partial charge < -0.3 is 15.4 Å². The van der Waals surface area contributed by atoms with Crippen molar-refractivity contribution in [2.45, 2.75) is 51.2 Å². The van der Waals surface area contributed by atoms with E-state index in [2.05, 4.69) is 29.4 Å². The smallest absolute Gasteiger partial charge is 0.305 e. The van der Waals surface area contributed by atoms with Crippen LogP contribution in [0.3, 0.4) is 0 Å². The molecule has 1 aromatic carbocycles. The van der Waals surface area contributed by atoms with Crippen molar-refractivity contribution in [1.82, 2.24) is 15.5 Å². The molecule has 6 nitrogen and oxygen atoms in total. The Bertz CT molecular complexity index is 768. The summed E-state index contributed by atoms with van der Waals surface area (Å²) in [5, 5.41) is 6.93. The highest BCUT2D eigenvalue weighted by Gasteiger charge is 2.67. The summed E-state index contributed by atoms with van der Waals surface area (Å²) in [6.45, 7) is 7.81. The van der Waals surface area contributed by atoms with Crippen LogP contribution in [-0.4, -0.2) is 55.1 Å². The Labute approximate surface area is 179 Å². The topological polar surface area (TPSA) is 70.7 Å². The van der Waals surface area contributed by atoms with Gasteiger partial charge in [-0.3, -0.25) is 14.5 Å². The maximum atomic E-state index is 13.7. The maximum absolute atomic E-state index is 13.7. The normalized spacial score (nSPS) is 32.4. The number of fused-ring (bicyclic) bond motifs is 1. The molecule has 3 saturated heterocycles.